The SMILES string of the molecule is O=C(O)C(F)(F)F.O=C(O)C(F)(F)F.O=C1CN(Cc2nnc(-c3ccc(Cl)s3)s2)CCN1Cc1cc2cnccc2[nH]1. The molecule has 4 aromatic heterocycles. The predicted molar refractivity (Wildman–Crippen MR) is 142 cm³/mol. The number of halogens is 7. The Morgan fingerprint density at radius 1 is 0.977 bits per heavy atom. The molecule has 1 amide bonds. The zero-order chi connectivity index (χ0) is 31.9. The monoisotopic (exact) mass is 672 g/mol. The van der Waals surface area contributed by atoms with E-state index in [2.05, 4.69) is 31.1 Å². The van der Waals surface area contributed by atoms with Gasteiger partial charge in [0.25, 0.3) is 0 Å². The summed E-state index contributed by atoms with van der Waals surface area (Å²) in [5.41, 5.74) is 2.07. The Balaban J connectivity index is 0.000000303. The first-order valence-electron chi connectivity index (χ1n) is 11.6. The molecule has 4 aromatic rings. The Morgan fingerprint density at radius 2 is 1.63 bits per heavy atom. The fraction of sp³-hybridized carbons (Fsp3) is 0.304. The van der Waals surface area contributed by atoms with Crippen molar-refractivity contribution >= 4 is 63.0 Å². The highest BCUT2D eigenvalue weighted by atomic mass is 35.5. The zero-order valence-corrected chi connectivity index (χ0v) is 23.7. The Kier molecular flexibility index (Phi) is 11.1. The molecule has 0 spiro atoms. The van der Waals surface area contributed by atoms with Crippen LogP contribution in [-0.4, -0.2) is 90.0 Å². The Hall–Kier alpha value is -3.81. The highest BCUT2D eigenvalue weighted by molar-refractivity contribution is 7.23. The second kappa shape index (κ2) is 14.1. The lowest BCUT2D eigenvalue weighted by Crippen LogP contribution is -2.49. The van der Waals surface area contributed by atoms with E-state index in [1.807, 2.05) is 29.3 Å². The van der Waals surface area contributed by atoms with Crippen LogP contribution in [-0.2, 0) is 27.5 Å². The van der Waals surface area contributed by atoms with E-state index in [-0.39, 0.29) is 5.91 Å². The van der Waals surface area contributed by atoms with Crippen LogP contribution in [0.1, 0.15) is 10.7 Å². The van der Waals surface area contributed by atoms with Gasteiger partial charge in [-0.25, -0.2) is 9.59 Å². The van der Waals surface area contributed by atoms with E-state index in [0.717, 1.165) is 42.4 Å². The number of carboxylic acids is 2. The third-order valence-electron chi connectivity index (χ3n) is 5.33. The molecular formula is C23H19ClF6N6O5S2. The number of thiophene rings is 1. The summed E-state index contributed by atoms with van der Waals surface area (Å²) in [4.78, 5) is 43.0. The molecular weight excluding hydrogens is 654 g/mol. The molecule has 5 rings (SSSR count). The molecule has 5 heterocycles. The van der Waals surface area contributed by atoms with Crippen molar-refractivity contribution < 1.29 is 50.9 Å². The number of nitrogens with one attached hydrogen (secondary N) is 1. The van der Waals surface area contributed by atoms with Crippen LogP contribution < -0.4 is 0 Å². The molecule has 1 aliphatic heterocycles. The van der Waals surface area contributed by atoms with Gasteiger partial charge in [0, 0.05) is 42.1 Å². The Morgan fingerprint density at radius 3 is 2.16 bits per heavy atom. The summed E-state index contributed by atoms with van der Waals surface area (Å²) in [6, 6.07) is 7.82. The molecule has 0 saturated carbocycles. The highest BCUT2D eigenvalue weighted by Gasteiger charge is 2.38. The van der Waals surface area contributed by atoms with Gasteiger partial charge in [-0.05, 0) is 24.3 Å². The molecule has 11 nitrogen and oxygen atoms in total. The minimum atomic E-state index is -5.08. The van der Waals surface area contributed by atoms with Crippen molar-refractivity contribution in [1.82, 2.24) is 30.0 Å². The number of carboxylic acid groups (broad SMARTS) is 2. The van der Waals surface area contributed by atoms with Crippen LogP contribution in [0, 0.1) is 0 Å². The lowest BCUT2D eigenvalue weighted by molar-refractivity contribution is -0.193. The summed E-state index contributed by atoms with van der Waals surface area (Å²) in [7, 11) is 0. The minimum absolute atomic E-state index is 0.128. The van der Waals surface area contributed by atoms with Crippen LogP contribution in [0.15, 0.2) is 36.7 Å². The number of fused-ring (bicyclic) bond motifs is 1. The van der Waals surface area contributed by atoms with Crippen LogP contribution in [0.25, 0.3) is 20.8 Å². The Labute approximate surface area is 250 Å². The second-order valence-corrected chi connectivity index (χ2v) is 11.3. The summed E-state index contributed by atoms with van der Waals surface area (Å²) in [5.74, 6) is -5.39. The van der Waals surface area contributed by atoms with Gasteiger partial charge in [-0.2, -0.15) is 26.3 Å². The van der Waals surface area contributed by atoms with Gasteiger partial charge in [0.2, 0.25) is 5.91 Å². The number of H-pyrrole nitrogens is 1. The molecule has 1 aliphatic rings. The predicted octanol–water partition coefficient (Wildman–Crippen LogP) is 4.91. The molecule has 0 aromatic carbocycles. The Bertz CT molecular complexity index is 1520. The molecule has 0 atom stereocenters. The van der Waals surface area contributed by atoms with Crippen LogP contribution in [0.5, 0.6) is 0 Å². The number of carbonyl (C=O) groups is 3. The minimum Gasteiger partial charge on any atom is -0.475 e. The molecule has 0 bridgehead atoms. The first-order valence-corrected chi connectivity index (χ1v) is 13.6. The molecule has 1 saturated heterocycles. The largest absolute Gasteiger partial charge is 0.490 e. The van der Waals surface area contributed by atoms with Gasteiger partial charge in [-0.1, -0.05) is 22.9 Å². The number of aliphatic carboxylic acids is 2. The van der Waals surface area contributed by atoms with E-state index in [9.17, 15) is 31.1 Å². The topological polar surface area (TPSA) is 153 Å². The van der Waals surface area contributed by atoms with Crippen molar-refractivity contribution in [3.05, 3.63) is 51.7 Å². The summed E-state index contributed by atoms with van der Waals surface area (Å²) in [5, 5.41) is 25.6. The molecule has 20 heteroatoms. The zero-order valence-electron chi connectivity index (χ0n) is 21.3. The van der Waals surface area contributed by atoms with Crippen LogP contribution in [0.3, 0.4) is 0 Å². The molecule has 0 radical (unpaired) electrons. The standard InChI is InChI=1S/C19H17ClN6OS2.2C2HF3O2/c20-16-2-1-15(28-16)19-24-23-17(29-19)10-25-5-6-26(18(27)11-25)9-13-7-12-8-21-4-3-14(12)22-13;2*3-2(4,5)1(6)7/h1-4,7-8,22H,5-6,9-11H2;2*(H,6,7). The van der Waals surface area contributed by atoms with E-state index >= 15 is 0 Å². The quantitative estimate of drug-likeness (QED) is 0.251. The number of aromatic amines is 1. The molecule has 3 N–H and O–H groups in total. The number of carbonyl (C=O) groups excluding carboxylic acids is 1. The molecule has 0 aliphatic carbocycles. The van der Waals surface area contributed by atoms with Crippen molar-refractivity contribution in [3.63, 3.8) is 0 Å². The van der Waals surface area contributed by atoms with Gasteiger partial charge in [0.05, 0.1) is 28.8 Å². The molecule has 0 unspecified atom stereocenters. The fourth-order valence-electron chi connectivity index (χ4n) is 3.42. The van der Waals surface area contributed by atoms with Crippen molar-refractivity contribution in [2.45, 2.75) is 25.4 Å². The first kappa shape index (κ1) is 33.7. The lowest BCUT2D eigenvalue weighted by atomic mass is 10.2. The maximum atomic E-state index is 12.7. The van der Waals surface area contributed by atoms with E-state index < -0.39 is 24.3 Å². The average molecular weight is 673 g/mol. The maximum Gasteiger partial charge on any atom is 0.490 e. The van der Waals surface area contributed by atoms with Crippen LogP contribution >= 0.6 is 34.3 Å². The van der Waals surface area contributed by atoms with Gasteiger partial charge in [0.15, 0.2) is 5.01 Å². The number of pyridine rings is 1. The normalized spacial score (nSPS) is 14.1. The first-order chi connectivity index (χ1) is 20.0. The van der Waals surface area contributed by atoms with Crippen molar-refractivity contribution in [3.8, 4) is 9.88 Å². The van der Waals surface area contributed by atoms with E-state index in [1.165, 1.54) is 11.3 Å². The molecule has 1 fully saturated rings. The number of amides is 1. The van der Waals surface area contributed by atoms with Gasteiger partial charge in [-0.15, -0.1) is 21.5 Å². The smallest absolute Gasteiger partial charge is 0.475 e. The molecule has 43 heavy (non-hydrogen) atoms. The number of alkyl halides is 6. The lowest BCUT2D eigenvalue weighted by Gasteiger charge is -2.33. The average Bonchev–Trinajstić information content (AvgIpc) is 3.64. The summed E-state index contributed by atoms with van der Waals surface area (Å²) < 4.78 is 64.2. The molecule has 232 valence electrons. The number of rotatable bonds is 5. The number of aromatic nitrogens is 4. The van der Waals surface area contributed by atoms with Crippen molar-refractivity contribution in [2.75, 3.05) is 19.6 Å². The number of hydrogen-bond acceptors (Lipinski definition) is 9. The third kappa shape index (κ3) is 10.2. The highest BCUT2D eigenvalue weighted by Crippen LogP contribution is 2.33. The second-order valence-electron chi connectivity index (χ2n) is 8.49. The third-order valence-corrected chi connectivity index (χ3v) is 7.64. The fourth-order valence-corrected chi connectivity index (χ4v) is 5.40. The van der Waals surface area contributed by atoms with Gasteiger partial charge in [0.1, 0.15) is 5.01 Å². The van der Waals surface area contributed by atoms with Gasteiger partial charge >= 0.3 is 24.3 Å². The van der Waals surface area contributed by atoms with E-state index in [1.54, 1.807) is 17.5 Å². The summed E-state index contributed by atoms with van der Waals surface area (Å²) >= 11 is 9.05. The maximum absolute atomic E-state index is 12.7. The number of piperazine rings is 1. The van der Waals surface area contributed by atoms with Crippen LogP contribution in [0.2, 0.25) is 4.34 Å². The number of nitrogens with zero attached hydrogens (tertiary/aromatic N) is 5. The number of hydrogen-bond donors (Lipinski definition) is 3. The summed E-state index contributed by atoms with van der Waals surface area (Å²) in [6.45, 7) is 3.12. The summed E-state index contributed by atoms with van der Waals surface area (Å²) in [6.07, 6.45) is -6.58. The van der Waals surface area contributed by atoms with Crippen molar-refractivity contribution in [1.29, 1.82) is 0 Å². The van der Waals surface area contributed by atoms with E-state index in [4.69, 9.17) is 31.4 Å². The van der Waals surface area contributed by atoms with E-state index in [0.29, 0.717) is 26.2 Å². The van der Waals surface area contributed by atoms with Crippen molar-refractivity contribution in [2.24, 2.45) is 0 Å². The van der Waals surface area contributed by atoms with Gasteiger partial charge in [-0.3, -0.25) is 14.7 Å². The van der Waals surface area contributed by atoms with Gasteiger partial charge < -0.3 is 20.1 Å². The van der Waals surface area contributed by atoms with Crippen LogP contribution in [0.4, 0.5) is 26.3 Å².